The van der Waals surface area contributed by atoms with Gasteiger partial charge in [-0.25, -0.2) is 0 Å². The Balaban J connectivity index is 3.88. The number of nitrogens with one attached hydrogen (secondary N) is 1. The predicted octanol–water partition coefficient (Wildman–Crippen LogP) is -0.338. The summed E-state index contributed by atoms with van der Waals surface area (Å²) in [4.78, 5) is 22.4. The monoisotopic (exact) mass is 213 g/mol. The molecule has 0 aromatic rings. The van der Waals surface area contributed by atoms with Crippen LogP contribution in [0.25, 0.3) is 0 Å². The summed E-state index contributed by atoms with van der Waals surface area (Å²) < 4.78 is 0. The smallest absolute Gasteiger partial charge is 0.252 e. The summed E-state index contributed by atoms with van der Waals surface area (Å²) in [5.41, 5.74) is 11.2. The van der Waals surface area contributed by atoms with Crippen molar-refractivity contribution in [1.29, 1.82) is 0 Å². The molecule has 0 spiro atoms. The lowest BCUT2D eigenvalue weighted by Crippen LogP contribution is -2.43. The summed E-state index contributed by atoms with van der Waals surface area (Å²) in [7, 11) is 0. The highest BCUT2D eigenvalue weighted by Crippen LogP contribution is 1.98. The zero-order valence-electron chi connectivity index (χ0n) is 9.08. The van der Waals surface area contributed by atoms with Gasteiger partial charge in [0.2, 0.25) is 5.91 Å². The summed E-state index contributed by atoms with van der Waals surface area (Å²) in [6.07, 6.45) is 2.15. The Hall–Kier alpha value is -1.20. The van der Waals surface area contributed by atoms with Crippen LogP contribution in [0.4, 0.5) is 0 Å². The summed E-state index contributed by atoms with van der Waals surface area (Å²) in [5.74, 6) is -0.936. The molecular formula is C10H19N3O2. The van der Waals surface area contributed by atoms with E-state index in [1.165, 1.54) is 6.92 Å². The van der Waals surface area contributed by atoms with Gasteiger partial charge in [-0.1, -0.05) is 13.0 Å². The van der Waals surface area contributed by atoms with Gasteiger partial charge in [-0.15, -0.1) is 0 Å². The second-order valence-electron chi connectivity index (χ2n) is 3.49. The molecule has 0 rings (SSSR count). The van der Waals surface area contributed by atoms with Crippen molar-refractivity contribution in [3.05, 3.63) is 12.2 Å². The van der Waals surface area contributed by atoms with Crippen molar-refractivity contribution in [3.8, 4) is 0 Å². The van der Waals surface area contributed by atoms with E-state index < -0.39 is 17.9 Å². The minimum atomic E-state index is -0.653. The largest absolute Gasteiger partial charge is 0.330 e. The Bertz CT molecular complexity index is 251. The number of unbranched alkanes of at least 4 members (excludes halogenated alkanes) is 1. The van der Waals surface area contributed by atoms with Crippen LogP contribution in [0.3, 0.4) is 0 Å². The maximum absolute atomic E-state index is 11.3. The van der Waals surface area contributed by atoms with Gasteiger partial charge >= 0.3 is 0 Å². The van der Waals surface area contributed by atoms with Gasteiger partial charge in [0.25, 0.3) is 5.91 Å². The molecule has 15 heavy (non-hydrogen) atoms. The fraction of sp³-hybridized carbons (Fsp3) is 0.600. The highest BCUT2D eigenvalue weighted by atomic mass is 16.2. The first-order valence-electron chi connectivity index (χ1n) is 4.95. The summed E-state index contributed by atoms with van der Waals surface area (Å²) >= 11 is 0. The molecular weight excluding hydrogens is 194 g/mol. The van der Waals surface area contributed by atoms with Crippen molar-refractivity contribution >= 4 is 11.8 Å². The van der Waals surface area contributed by atoms with Gasteiger partial charge in [0.1, 0.15) is 0 Å². The molecule has 1 atom stereocenters. The number of carbonyl (C=O) groups is 2. The van der Waals surface area contributed by atoms with E-state index >= 15 is 0 Å². The normalized spacial score (nSPS) is 11.9. The third-order valence-corrected chi connectivity index (χ3v) is 1.93. The number of hydrogen-bond donors (Lipinski definition) is 3. The number of nitrogens with two attached hydrogens (primary N) is 2. The van der Waals surface area contributed by atoms with Gasteiger partial charge in [0.15, 0.2) is 0 Å². The zero-order valence-corrected chi connectivity index (χ0v) is 9.08. The Labute approximate surface area is 89.9 Å². The molecule has 0 saturated carbocycles. The van der Waals surface area contributed by atoms with Crippen molar-refractivity contribution in [3.63, 3.8) is 0 Å². The Kier molecular flexibility index (Phi) is 6.57. The van der Waals surface area contributed by atoms with Crippen LogP contribution in [0.1, 0.15) is 26.2 Å². The molecule has 2 amide bonds. The SMILES string of the molecule is C=C(C)C(=O)NC(=O)[C@@H](N)CCCCN. The third-order valence-electron chi connectivity index (χ3n) is 1.93. The van der Waals surface area contributed by atoms with E-state index in [0.717, 1.165) is 12.8 Å². The molecule has 0 aromatic heterocycles. The van der Waals surface area contributed by atoms with E-state index in [9.17, 15) is 9.59 Å². The topological polar surface area (TPSA) is 98.2 Å². The van der Waals surface area contributed by atoms with Crippen molar-refractivity contribution < 1.29 is 9.59 Å². The molecule has 5 N–H and O–H groups in total. The Morgan fingerprint density at radius 2 is 2.00 bits per heavy atom. The van der Waals surface area contributed by atoms with Gasteiger partial charge in [-0.3, -0.25) is 14.9 Å². The quantitative estimate of drug-likeness (QED) is 0.415. The minimum absolute atomic E-state index is 0.289. The third kappa shape index (κ3) is 5.98. The fourth-order valence-corrected chi connectivity index (χ4v) is 0.951. The highest BCUT2D eigenvalue weighted by molar-refractivity contribution is 6.04. The van der Waals surface area contributed by atoms with Crippen molar-refractivity contribution in [2.75, 3.05) is 6.54 Å². The Morgan fingerprint density at radius 1 is 1.40 bits per heavy atom. The fourth-order valence-electron chi connectivity index (χ4n) is 0.951. The van der Waals surface area contributed by atoms with Gasteiger partial charge in [0.05, 0.1) is 6.04 Å². The molecule has 0 aliphatic rings. The first-order chi connectivity index (χ1) is 6.99. The maximum atomic E-state index is 11.3. The summed E-state index contributed by atoms with van der Waals surface area (Å²) in [6.45, 7) is 5.53. The lowest BCUT2D eigenvalue weighted by molar-refractivity contribution is -0.129. The predicted molar refractivity (Wildman–Crippen MR) is 58.8 cm³/mol. The van der Waals surface area contributed by atoms with Gasteiger partial charge in [-0.2, -0.15) is 0 Å². The molecule has 86 valence electrons. The van der Waals surface area contributed by atoms with Crippen LogP contribution < -0.4 is 16.8 Å². The summed E-state index contributed by atoms with van der Waals surface area (Å²) in [5, 5.41) is 2.17. The van der Waals surface area contributed by atoms with Crippen LogP contribution in [-0.2, 0) is 9.59 Å². The molecule has 5 heteroatoms. The molecule has 0 heterocycles. The number of imide groups is 1. The van der Waals surface area contributed by atoms with E-state index in [4.69, 9.17) is 11.5 Å². The molecule has 5 nitrogen and oxygen atoms in total. The molecule has 0 aliphatic carbocycles. The maximum Gasteiger partial charge on any atom is 0.252 e. The van der Waals surface area contributed by atoms with Crippen LogP contribution >= 0.6 is 0 Å². The van der Waals surface area contributed by atoms with E-state index in [1.807, 2.05) is 0 Å². The second-order valence-corrected chi connectivity index (χ2v) is 3.49. The van der Waals surface area contributed by atoms with E-state index in [0.29, 0.717) is 13.0 Å². The van der Waals surface area contributed by atoms with Gasteiger partial charge < -0.3 is 11.5 Å². The number of carbonyl (C=O) groups excluding carboxylic acids is 2. The molecule has 0 fully saturated rings. The first kappa shape index (κ1) is 13.8. The number of hydrogen-bond acceptors (Lipinski definition) is 4. The first-order valence-corrected chi connectivity index (χ1v) is 4.95. The lowest BCUT2D eigenvalue weighted by Gasteiger charge is -2.10. The molecule has 0 aromatic carbocycles. The minimum Gasteiger partial charge on any atom is -0.330 e. The van der Waals surface area contributed by atoms with Crippen molar-refractivity contribution in [1.82, 2.24) is 5.32 Å². The van der Waals surface area contributed by atoms with Crippen molar-refractivity contribution in [2.45, 2.75) is 32.2 Å². The average molecular weight is 213 g/mol. The lowest BCUT2D eigenvalue weighted by atomic mass is 10.1. The van der Waals surface area contributed by atoms with E-state index in [1.54, 1.807) is 0 Å². The van der Waals surface area contributed by atoms with Crippen LogP contribution in [-0.4, -0.2) is 24.4 Å². The molecule has 0 saturated heterocycles. The molecule has 0 bridgehead atoms. The van der Waals surface area contributed by atoms with Crippen LogP contribution in [0.5, 0.6) is 0 Å². The zero-order chi connectivity index (χ0) is 11.8. The number of amides is 2. The highest BCUT2D eigenvalue weighted by Gasteiger charge is 2.15. The van der Waals surface area contributed by atoms with Crippen LogP contribution in [0.15, 0.2) is 12.2 Å². The second kappa shape index (κ2) is 7.14. The number of rotatable bonds is 6. The van der Waals surface area contributed by atoms with Gasteiger partial charge in [-0.05, 0) is 26.3 Å². The van der Waals surface area contributed by atoms with Crippen LogP contribution in [0.2, 0.25) is 0 Å². The van der Waals surface area contributed by atoms with Gasteiger partial charge in [0, 0.05) is 5.57 Å². The van der Waals surface area contributed by atoms with Crippen LogP contribution in [0, 0.1) is 0 Å². The molecule has 0 aliphatic heterocycles. The van der Waals surface area contributed by atoms with E-state index in [-0.39, 0.29) is 5.57 Å². The standard InChI is InChI=1S/C10H19N3O2/c1-7(2)9(14)13-10(15)8(12)5-3-4-6-11/h8H,1,3-6,11-12H2,2H3,(H,13,14,15)/t8-/m0/s1. The Morgan fingerprint density at radius 3 is 2.47 bits per heavy atom. The molecule has 0 radical (unpaired) electrons. The van der Waals surface area contributed by atoms with Crippen molar-refractivity contribution in [2.24, 2.45) is 11.5 Å². The van der Waals surface area contributed by atoms with E-state index in [2.05, 4.69) is 11.9 Å². The summed E-state index contributed by atoms with van der Waals surface area (Å²) in [6, 6.07) is -0.653. The average Bonchev–Trinajstić information content (AvgIpc) is 2.17. The molecule has 0 unspecified atom stereocenters.